The predicted octanol–water partition coefficient (Wildman–Crippen LogP) is 3.46. The van der Waals surface area contributed by atoms with Gasteiger partial charge in [0.25, 0.3) is 0 Å². The summed E-state index contributed by atoms with van der Waals surface area (Å²) in [5.41, 5.74) is 4.26. The highest BCUT2D eigenvalue weighted by atomic mass is 32.1. The molecular weight excluding hydrogens is 202 g/mol. The van der Waals surface area contributed by atoms with Gasteiger partial charge in [-0.25, -0.2) is 0 Å². The third-order valence-electron chi connectivity index (χ3n) is 2.96. The van der Waals surface area contributed by atoms with Crippen molar-refractivity contribution in [3.63, 3.8) is 0 Å². The van der Waals surface area contributed by atoms with E-state index in [4.69, 9.17) is 0 Å². The van der Waals surface area contributed by atoms with Crippen molar-refractivity contribution in [2.75, 3.05) is 5.32 Å². The Bertz CT molecular complexity index is 431. The highest BCUT2D eigenvalue weighted by Crippen LogP contribution is 2.26. The lowest BCUT2D eigenvalue weighted by Crippen LogP contribution is -2.07. The molecule has 0 radical (unpaired) electrons. The first-order chi connectivity index (χ1) is 7.43. The van der Waals surface area contributed by atoms with Crippen molar-refractivity contribution in [3.05, 3.63) is 51.7 Å². The number of thiophene rings is 1. The molecule has 3 rings (SSSR count). The summed E-state index contributed by atoms with van der Waals surface area (Å²) >= 11 is 1.86. The molecule has 0 aliphatic carbocycles. The minimum Gasteiger partial charge on any atom is -0.380 e. The third-order valence-corrected chi connectivity index (χ3v) is 3.92. The van der Waals surface area contributed by atoms with Crippen LogP contribution in [0.5, 0.6) is 0 Å². The van der Waals surface area contributed by atoms with E-state index in [1.54, 1.807) is 0 Å². The molecule has 2 aromatic rings. The van der Waals surface area contributed by atoms with Crippen LogP contribution < -0.4 is 5.32 Å². The maximum Gasteiger partial charge on any atom is 0.0497 e. The Kier molecular flexibility index (Phi) is 2.22. The van der Waals surface area contributed by atoms with Gasteiger partial charge in [-0.15, -0.1) is 11.3 Å². The molecule has 2 heteroatoms. The molecule has 2 heterocycles. The summed E-state index contributed by atoms with van der Waals surface area (Å²) in [5.74, 6) is 0. The monoisotopic (exact) mass is 215 g/mol. The second kappa shape index (κ2) is 3.70. The van der Waals surface area contributed by atoms with Gasteiger partial charge in [-0.1, -0.05) is 18.2 Å². The molecule has 0 amide bonds. The standard InChI is InChI=1S/C13H13NS/c1-2-4-12-10(3-1)5-6-11-7-8-15-13(11)9-14-12/h1-4,7-8,14H,5-6,9H2. The molecule has 15 heavy (non-hydrogen) atoms. The average molecular weight is 215 g/mol. The van der Waals surface area contributed by atoms with E-state index in [1.165, 1.54) is 28.1 Å². The lowest BCUT2D eigenvalue weighted by atomic mass is 10.0. The zero-order chi connectivity index (χ0) is 10.1. The summed E-state index contributed by atoms with van der Waals surface area (Å²) in [5, 5.41) is 5.71. The van der Waals surface area contributed by atoms with E-state index in [1.807, 2.05) is 11.3 Å². The number of hydrogen-bond acceptors (Lipinski definition) is 2. The molecule has 1 aromatic heterocycles. The Labute approximate surface area is 93.8 Å². The number of anilines is 1. The molecule has 0 unspecified atom stereocenters. The summed E-state index contributed by atoms with van der Waals surface area (Å²) in [6, 6.07) is 10.9. The van der Waals surface area contributed by atoms with E-state index in [9.17, 15) is 0 Å². The lowest BCUT2D eigenvalue weighted by molar-refractivity contribution is 0.926. The van der Waals surface area contributed by atoms with Gasteiger partial charge in [-0.3, -0.25) is 0 Å². The second-order valence-electron chi connectivity index (χ2n) is 3.88. The maximum atomic E-state index is 3.52. The van der Waals surface area contributed by atoms with Crippen LogP contribution in [0.3, 0.4) is 0 Å². The fourth-order valence-electron chi connectivity index (χ4n) is 2.10. The Morgan fingerprint density at radius 2 is 1.87 bits per heavy atom. The van der Waals surface area contributed by atoms with Gasteiger partial charge in [0.15, 0.2) is 0 Å². The highest BCUT2D eigenvalue weighted by Gasteiger charge is 2.10. The van der Waals surface area contributed by atoms with Crippen molar-refractivity contribution in [3.8, 4) is 0 Å². The summed E-state index contributed by atoms with van der Waals surface area (Å²) in [4.78, 5) is 1.49. The number of benzene rings is 1. The Morgan fingerprint density at radius 1 is 1.00 bits per heavy atom. The minimum atomic E-state index is 0.976. The van der Waals surface area contributed by atoms with Crippen molar-refractivity contribution in [1.29, 1.82) is 0 Å². The first kappa shape index (κ1) is 8.98. The number of fused-ring (bicyclic) bond motifs is 2. The molecule has 1 aromatic carbocycles. The Morgan fingerprint density at radius 3 is 2.87 bits per heavy atom. The minimum absolute atomic E-state index is 0.976. The molecule has 0 saturated heterocycles. The van der Waals surface area contributed by atoms with Crippen LogP contribution in [0.25, 0.3) is 0 Å². The summed E-state index contributed by atoms with van der Waals surface area (Å²) in [6.07, 6.45) is 2.32. The first-order valence-electron chi connectivity index (χ1n) is 5.30. The van der Waals surface area contributed by atoms with Crippen LogP contribution in [0, 0.1) is 0 Å². The fraction of sp³-hybridized carbons (Fsp3) is 0.231. The number of nitrogens with one attached hydrogen (secondary N) is 1. The summed E-state index contributed by atoms with van der Waals surface area (Å²) < 4.78 is 0. The van der Waals surface area contributed by atoms with Crippen LogP contribution in [0.15, 0.2) is 35.7 Å². The molecule has 1 N–H and O–H groups in total. The third kappa shape index (κ3) is 1.65. The first-order valence-corrected chi connectivity index (χ1v) is 6.18. The van der Waals surface area contributed by atoms with Crippen LogP contribution in [0.4, 0.5) is 5.69 Å². The van der Waals surface area contributed by atoms with Gasteiger partial charge in [0.05, 0.1) is 0 Å². The Hall–Kier alpha value is -1.28. The Balaban J connectivity index is 1.96. The van der Waals surface area contributed by atoms with Crippen molar-refractivity contribution >= 4 is 17.0 Å². The lowest BCUT2D eigenvalue weighted by Gasteiger charge is -2.15. The highest BCUT2D eigenvalue weighted by molar-refractivity contribution is 7.10. The molecule has 76 valence electrons. The molecule has 0 atom stereocenters. The summed E-state index contributed by atoms with van der Waals surface area (Å²) in [6.45, 7) is 0.976. The van der Waals surface area contributed by atoms with Crippen LogP contribution in [-0.4, -0.2) is 0 Å². The van der Waals surface area contributed by atoms with E-state index in [-0.39, 0.29) is 0 Å². The van der Waals surface area contributed by atoms with Crippen LogP contribution in [0.1, 0.15) is 16.0 Å². The predicted molar refractivity (Wildman–Crippen MR) is 65.5 cm³/mol. The molecule has 1 aliphatic rings. The van der Waals surface area contributed by atoms with Crippen LogP contribution in [-0.2, 0) is 19.4 Å². The van der Waals surface area contributed by atoms with E-state index in [0.717, 1.165) is 13.0 Å². The largest absolute Gasteiger partial charge is 0.380 e. The van der Waals surface area contributed by atoms with E-state index >= 15 is 0 Å². The SMILES string of the molecule is c1ccc2c(c1)CCc1ccsc1CN2. The average Bonchev–Trinajstić information content (AvgIpc) is 2.68. The maximum absolute atomic E-state index is 3.52. The van der Waals surface area contributed by atoms with Crippen molar-refractivity contribution < 1.29 is 0 Å². The molecule has 0 fully saturated rings. The van der Waals surface area contributed by atoms with E-state index in [0.29, 0.717) is 0 Å². The van der Waals surface area contributed by atoms with Gasteiger partial charge >= 0.3 is 0 Å². The topological polar surface area (TPSA) is 12.0 Å². The van der Waals surface area contributed by atoms with E-state index in [2.05, 4.69) is 41.0 Å². The smallest absolute Gasteiger partial charge is 0.0497 e. The fourth-order valence-corrected chi connectivity index (χ4v) is 2.97. The number of hydrogen-bond donors (Lipinski definition) is 1. The molecule has 0 spiro atoms. The van der Waals surface area contributed by atoms with Crippen molar-refractivity contribution in [2.45, 2.75) is 19.4 Å². The van der Waals surface area contributed by atoms with Gasteiger partial charge in [0, 0.05) is 17.1 Å². The molecule has 1 nitrogen and oxygen atoms in total. The molecule has 0 bridgehead atoms. The van der Waals surface area contributed by atoms with Gasteiger partial charge in [-0.05, 0) is 41.5 Å². The van der Waals surface area contributed by atoms with E-state index < -0.39 is 0 Å². The quantitative estimate of drug-likeness (QED) is 0.709. The molecule has 1 aliphatic heterocycles. The number of para-hydroxylation sites is 1. The molecular formula is C13H13NS. The zero-order valence-corrected chi connectivity index (χ0v) is 9.31. The number of rotatable bonds is 0. The number of aryl methyl sites for hydroxylation is 2. The van der Waals surface area contributed by atoms with Crippen LogP contribution >= 0.6 is 11.3 Å². The zero-order valence-electron chi connectivity index (χ0n) is 8.49. The summed E-state index contributed by atoms with van der Waals surface area (Å²) in [7, 11) is 0. The van der Waals surface area contributed by atoms with Crippen molar-refractivity contribution in [1.82, 2.24) is 0 Å². The molecule has 0 saturated carbocycles. The normalized spacial score (nSPS) is 14.4. The van der Waals surface area contributed by atoms with Gasteiger partial charge in [-0.2, -0.15) is 0 Å². The van der Waals surface area contributed by atoms with Gasteiger partial charge in [0.1, 0.15) is 0 Å². The van der Waals surface area contributed by atoms with Crippen LogP contribution in [0.2, 0.25) is 0 Å². The van der Waals surface area contributed by atoms with Crippen molar-refractivity contribution in [2.24, 2.45) is 0 Å². The van der Waals surface area contributed by atoms with Gasteiger partial charge in [0.2, 0.25) is 0 Å². The van der Waals surface area contributed by atoms with Gasteiger partial charge < -0.3 is 5.32 Å². The second-order valence-corrected chi connectivity index (χ2v) is 4.88.